The highest BCUT2D eigenvalue weighted by molar-refractivity contribution is 5.35. The van der Waals surface area contributed by atoms with Gasteiger partial charge in [0.2, 0.25) is 24.3 Å². The molecule has 0 N–H and O–H groups in total. The molecule has 0 aliphatic heterocycles. The predicted molar refractivity (Wildman–Crippen MR) is 69.9 cm³/mol. The van der Waals surface area contributed by atoms with Crippen LogP contribution in [0.1, 0.15) is 38.5 Å². The summed E-state index contributed by atoms with van der Waals surface area (Å²) in [6.45, 7) is -0.319. The average Bonchev–Trinajstić information content (AvgIpc) is 2.51. The smallest absolute Gasteiger partial charge is 0.211 e. The Morgan fingerprint density at radius 2 is 0.700 bits per heavy atom. The molecule has 0 unspecified atom stereocenters. The van der Waals surface area contributed by atoms with Gasteiger partial charge in [-0.3, -0.25) is 0 Å². The van der Waals surface area contributed by atoms with Gasteiger partial charge in [0.1, 0.15) is 0 Å². The minimum Gasteiger partial charge on any atom is -0.211 e. The molecular weight excluding hydrogens is 264 g/mol. The van der Waals surface area contributed by atoms with E-state index in [2.05, 4.69) is 20.0 Å². The van der Waals surface area contributed by atoms with Gasteiger partial charge in [0.15, 0.2) is 13.3 Å². The molecule has 0 aromatic carbocycles. The zero-order valence-electron chi connectivity index (χ0n) is 11.1. The molecule has 0 spiro atoms. The van der Waals surface area contributed by atoms with Crippen LogP contribution >= 0.6 is 0 Å². The third-order valence-corrected chi connectivity index (χ3v) is 2.04. The van der Waals surface area contributed by atoms with Gasteiger partial charge in [-0.2, -0.15) is 20.0 Å². The van der Waals surface area contributed by atoms with Gasteiger partial charge in [0.25, 0.3) is 0 Å². The lowest BCUT2D eigenvalue weighted by atomic mass is 10.0. The molecule has 1 aliphatic rings. The van der Waals surface area contributed by atoms with Gasteiger partial charge in [-0.1, -0.05) is 38.5 Å². The first-order chi connectivity index (χ1) is 9.83. The van der Waals surface area contributed by atoms with Crippen LogP contribution in [0, 0.1) is 0 Å². The number of hydrogen-bond donors (Lipinski definition) is 0. The van der Waals surface area contributed by atoms with Crippen LogP contribution in [-0.4, -0.2) is 37.7 Å². The summed E-state index contributed by atoms with van der Waals surface area (Å²) in [5.74, 6) is 0. The Hall–Kier alpha value is -2.48. The molecule has 1 rings (SSSR count). The summed E-state index contributed by atoms with van der Waals surface area (Å²) >= 11 is 0. The van der Waals surface area contributed by atoms with E-state index in [1.54, 1.807) is 0 Å². The normalized spacial score (nSPS) is 11.2. The number of carbonyl (C=O) groups excluding carboxylic acids is 4. The van der Waals surface area contributed by atoms with Crippen molar-refractivity contribution < 1.29 is 19.2 Å². The molecule has 0 heterocycles. The van der Waals surface area contributed by atoms with Gasteiger partial charge in [0.05, 0.1) is 0 Å². The maximum Gasteiger partial charge on any atom is 0.236 e. The third kappa shape index (κ3) is 24.7. The van der Waals surface area contributed by atoms with E-state index in [4.69, 9.17) is 0 Å². The maximum absolute atomic E-state index is 9.20. The highest BCUT2D eigenvalue weighted by atomic mass is 16.1. The summed E-state index contributed by atoms with van der Waals surface area (Å²) in [7, 11) is 0. The minimum atomic E-state index is -0.160. The number of isocyanates is 4. The van der Waals surface area contributed by atoms with Gasteiger partial charge < -0.3 is 0 Å². The van der Waals surface area contributed by atoms with Crippen LogP contribution in [0.3, 0.4) is 0 Å². The highest BCUT2D eigenvalue weighted by Gasteiger charge is 1.95. The Bertz CT molecular complexity index is 332. The second-order valence-electron chi connectivity index (χ2n) is 3.40. The molecule has 0 amide bonds. The standard InChI is InChI=1S/C6H12.2C3H2N2O2/c1-2-4-6-5-3-1;2*6-2-4-1-5-3-7/h1-6H2;2*1H2. The number of aliphatic imine (C=N–C) groups is 4. The molecule has 0 aromatic heterocycles. The van der Waals surface area contributed by atoms with Crippen LogP contribution in [0.2, 0.25) is 0 Å². The van der Waals surface area contributed by atoms with Gasteiger partial charge in [-0.05, 0) is 0 Å². The van der Waals surface area contributed by atoms with Gasteiger partial charge in [-0.25, -0.2) is 19.2 Å². The summed E-state index contributed by atoms with van der Waals surface area (Å²) in [4.78, 5) is 48.5. The zero-order valence-corrected chi connectivity index (χ0v) is 11.1. The molecule has 8 heteroatoms. The Balaban J connectivity index is 0. The number of rotatable bonds is 4. The Morgan fingerprint density at radius 1 is 0.500 bits per heavy atom. The summed E-state index contributed by atoms with van der Waals surface area (Å²) in [6, 6.07) is 0. The van der Waals surface area contributed by atoms with Crippen molar-refractivity contribution in [1.82, 2.24) is 0 Å². The lowest BCUT2D eigenvalue weighted by Gasteiger charge is -2.05. The van der Waals surface area contributed by atoms with E-state index >= 15 is 0 Å². The van der Waals surface area contributed by atoms with Crippen molar-refractivity contribution >= 4 is 24.3 Å². The average molecular weight is 280 g/mol. The van der Waals surface area contributed by atoms with Crippen molar-refractivity contribution in [2.45, 2.75) is 38.5 Å². The second kappa shape index (κ2) is 21.8. The Kier molecular flexibility index (Phi) is 21.6. The van der Waals surface area contributed by atoms with Crippen molar-refractivity contribution in [1.29, 1.82) is 0 Å². The van der Waals surface area contributed by atoms with Crippen LogP contribution in [0.15, 0.2) is 20.0 Å². The van der Waals surface area contributed by atoms with Crippen LogP contribution in [0.4, 0.5) is 0 Å². The van der Waals surface area contributed by atoms with Gasteiger partial charge in [0, 0.05) is 0 Å². The fourth-order valence-electron chi connectivity index (χ4n) is 1.25. The van der Waals surface area contributed by atoms with Crippen molar-refractivity contribution in [3.8, 4) is 0 Å². The van der Waals surface area contributed by atoms with Gasteiger partial charge >= 0.3 is 0 Å². The second-order valence-corrected chi connectivity index (χ2v) is 3.40. The van der Waals surface area contributed by atoms with Crippen LogP contribution in [0.25, 0.3) is 0 Å². The van der Waals surface area contributed by atoms with Crippen molar-refractivity contribution in [3.63, 3.8) is 0 Å². The Morgan fingerprint density at radius 3 is 0.850 bits per heavy atom. The first-order valence-corrected chi connectivity index (χ1v) is 5.98. The maximum atomic E-state index is 9.20. The monoisotopic (exact) mass is 280 g/mol. The molecule has 0 atom stereocenters. The molecule has 0 saturated heterocycles. The van der Waals surface area contributed by atoms with E-state index in [1.807, 2.05) is 0 Å². The van der Waals surface area contributed by atoms with Crippen molar-refractivity contribution in [2.24, 2.45) is 20.0 Å². The molecule has 0 radical (unpaired) electrons. The third-order valence-electron chi connectivity index (χ3n) is 2.04. The topological polar surface area (TPSA) is 118 Å². The number of hydrogen-bond acceptors (Lipinski definition) is 8. The first-order valence-electron chi connectivity index (χ1n) is 5.98. The summed E-state index contributed by atoms with van der Waals surface area (Å²) in [6.07, 6.45) is 13.8. The van der Waals surface area contributed by atoms with E-state index in [0.717, 1.165) is 0 Å². The van der Waals surface area contributed by atoms with Crippen molar-refractivity contribution in [2.75, 3.05) is 13.3 Å². The quantitative estimate of drug-likeness (QED) is 0.573. The predicted octanol–water partition coefficient (Wildman–Crippen LogP) is 1.57. The zero-order chi connectivity index (χ0) is 15.3. The lowest BCUT2D eigenvalue weighted by molar-refractivity contribution is 0.504. The van der Waals surface area contributed by atoms with Crippen LogP contribution < -0.4 is 0 Å². The molecule has 0 aromatic rings. The summed E-state index contributed by atoms with van der Waals surface area (Å²) in [5, 5.41) is 0. The van der Waals surface area contributed by atoms with E-state index in [-0.39, 0.29) is 13.3 Å². The van der Waals surface area contributed by atoms with Crippen LogP contribution in [0.5, 0.6) is 0 Å². The largest absolute Gasteiger partial charge is 0.236 e. The fraction of sp³-hybridized carbons (Fsp3) is 0.667. The van der Waals surface area contributed by atoms with Crippen LogP contribution in [-0.2, 0) is 19.2 Å². The molecule has 0 bridgehead atoms. The summed E-state index contributed by atoms with van der Waals surface area (Å²) in [5.41, 5.74) is 0. The van der Waals surface area contributed by atoms with Crippen molar-refractivity contribution in [3.05, 3.63) is 0 Å². The first kappa shape index (κ1) is 19.9. The van der Waals surface area contributed by atoms with E-state index in [1.165, 1.54) is 62.8 Å². The van der Waals surface area contributed by atoms with E-state index < -0.39 is 0 Å². The van der Waals surface area contributed by atoms with E-state index in [9.17, 15) is 19.2 Å². The lowest BCUT2D eigenvalue weighted by Crippen LogP contribution is -1.85. The SMILES string of the molecule is C1CCCCC1.O=C=NCN=C=O.O=C=NCN=C=O. The molecule has 20 heavy (non-hydrogen) atoms. The minimum absolute atomic E-state index is 0.160. The summed E-state index contributed by atoms with van der Waals surface area (Å²) < 4.78 is 0. The van der Waals surface area contributed by atoms with E-state index in [0.29, 0.717) is 0 Å². The molecule has 108 valence electrons. The molecule has 1 saturated carbocycles. The molecule has 1 aliphatic carbocycles. The molecular formula is C12H16N4O4. The molecule has 8 nitrogen and oxygen atoms in total. The number of nitrogens with zero attached hydrogens (tertiary/aromatic N) is 4. The highest BCUT2D eigenvalue weighted by Crippen LogP contribution is 2.15. The Labute approximate surface area is 116 Å². The van der Waals surface area contributed by atoms with Gasteiger partial charge in [-0.15, -0.1) is 0 Å². The molecule has 1 fully saturated rings. The fourth-order valence-corrected chi connectivity index (χ4v) is 1.25.